The van der Waals surface area contributed by atoms with Crippen molar-refractivity contribution in [3.05, 3.63) is 58.9 Å². The van der Waals surface area contributed by atoms with Crippen LogP contribution in [0.5, 0.6) is 5.75 Å². The Kier molecular flexibility index (Phi) is 7.58. The lowest BCUT2D eigenvalue weighted by Gasteiger charge is -2.20. The van der Waals surface area contributed by atoms with Crippen molar-refractivity contribution in [2.24, 2.45) is 5.92 Å². The van der Waals surface area contributed by atoms with Crippen LogP contribution in [0.1, 0.15) is 54.1 Å². The second kappa shape index (κ2) is 9.62. The van der Waals surface area contributed by atoms with Crippen molar-refractivity contribution in [3.63, 3.8) is 0 Å². The van der Waals surface area contributed by atoms with Crippen molar-refractivity contribution in [3.8, 4) is 5.75 Å². The van der Waals surface area contributed by atoms with Gasteiger partial charge in [0.2, 0.25) is 0 Å². The summed E-state index contributed by atoms with van der Waals surface area (Å²) in [7, 11) is 0. The van der Waals surface area contributed by atoms with E-state index in [1.165, 1.54) is 0 Å². The number of aryl methyl sites for hydroxylation is 1. The van der Waals surface area contributed by atoms with Gasteiger partial charge in [-0.2, -0.15) is 22.0 Å². The summed E-state index contributed by atoms with van der Waals surface area (Å²) in [6.07, 6.45) is -11.0. The zero-order chi connectivity index (χ0) is 24.3. The topological polar surface area (TPSA) is 68.3 Å². The molecule has 1 heterocycles. The van der Waals surface area contributed by atoms with Gasteiger partial charge in [-0.05, 0) is 55.8 Å². The smallest absolute Gasteiger partial charge is 0.426 e. The van der Waals surface area contributed by atoms with Gasteiger partial charge in [0.15, 0.2) is 0 Å². The summed E-state index contributed by atoms with van der Waals surface area (Å²) in [5.41, 5.74) is 2.00. The van der Waals surface area contributed by atoms with Gasteiger partial charge in [-0.3, -0.25) is 14.6 Å². The van der Waals surface area contributed by atoms with Crippen LogP contribution in [0, 0.1) is 12.8 Å². The minimum atomic E-state index is -5.86. The maximum absolute atomic E-state index is 13.0. The van der Waals surface area contributed by atoms with Crippen molar-refractivity contribution in [2.45, 2.75) is 52.4 Å². The summed E-state index contributed by atoms with van der Waals surface area (Å²) in [5, 5.41) is 2.71. The fourth-order valence-electron chi connectivity index (χ4n) is 2.73. The van der Waals surface area contributed by atoms with E-state index in [9.17, 15) is 31.5 Å². The first-order valence-electron chi connectivity index (χ1n) is 9.74. The molecule has 1 N–H and O–H groups in total. The molecule has 0 bridgehead atoms. The normalized spacial score (nSPS) is 13.1. The van der Waals surface area contributed by atoms with Gasteiger partial charge in [-0.1, -0.05) is 13.8 Å². The summed E-state index contributed by atoms with van der Waals surface area (Å²) in [6.45, 7) is 7.06. The van der Waals surface area contributed by atoms with Crippen molar-refractivity contribution in [1.82, 2.24) is 10.3 Å². The molecule has 0 spiro atoms. The number of nitrogens with zero attached hydrogens (tertiary/aromatic N) is 1. The molecule has 0 aliphatic carbocycles. The first-order chi connectivity index (χ1) is 14.7. The van der Waals surface area contributed by atoms with Gasteiger partial charge in [0.1, 0.15) is 11.5 Å². The molecule has 1 amide bonds. The number of ether oxygens (including phenoxy) is 1. The van der Waals surface area contributed by atoms with Gasteiger partial charge in [-0.15, -0.1) is 0 Å². The molecule has 0 saturated carbocycles. The minimum absolute atomic E-state index is 0.0316. The van der Waals surface area contributed by atoms with Crippen LogP contribution in [0.2, 0.25) is 0 Å². The Morgan fingerprint density at radius 1 is 1.03 bits per heavy atom. The van der Waals surface area contributed by atoms with E-state index < -0.39 is 30.0 Å². The Labute approximate surface area is 182 Å². The largest absolute Gasteiger partial charge is 0.499 e. The lowest BCUT2D eigenvalue weighted by Crippen LogP contribution is -2.41. The quantitative estimate of drug-likeness (QED) is 0.554. The molecule has 0 aliphatic rings. The van der Waals surface area contributed by atoms with E-state index in [1.54, 1.807) is 39.8 Å². The van der Waals surface area contributed by atoms with Crippen molar-refractivity contribution in [2.75, 3.05) is 0 Å². The number of alkyl halides is 5. The lowest BCUT2D eigenvalue weighted by atomic mass is 10.0. The van der Waals surface area contributed by atoms with E-state index in [0.717, 1.165) is 24.3 Å². The molecule has 2 aromatic rings. The second-order valence-corrected chi connectivity index (χ2v) is 7.67. The number of aromatic nitrogens is 1. The summed E-state index contributed by atoms with van der Waals surface area (Å²) < 4.78 is 66.3. The number of amides is 1. The van der Waals surface area contributed by atoms with E-state index in [1.807, 2.05) is 0 Å². The highest BCUT2D eigenvalue weighted by Gasteiger charge is 2.61. The van der Waals surface area contributed by atoms with Crippen molar-refractivity contribution >= 4 is 11.7 Å². The molecular formula is C22H23F5N2O3. The molecule has 1 aromatic heterocycles. The molecular weight excluding hydrogens is 435 g/mol. The van der Waals surface area contributed by atoms with E-state index >= 15 is 0 Å². The van der Waals surface area contributed by atoms with Gasteiger partial charge in [0.25, 0.3) is 5.91 Å². The number of ketones is 1. The predicted molar refractivity (Wildman–Crippen MR) is 106 cm³/mol. The molecule has 5 nitrogen and oxygen atoms in total. The molecule has 1 unspecified atom stereocenters. The molecule has 1 atom stereocenters. The van der Waals surface area contributed by atoms with Crippen LogP contribution in [-0.2, 0) is 11.2 Å². The number of benzene rings is 1. The molecule has 0 radical (unpaired) electrons. The fraction of sp³-hybridized carbons (Fsp3) is 0.409. The Balaban J connectivity index is 2.09. The zero-order valence-electron chi connectivity index (χ0n) is 17.9. The average Bonchev–Trinajstić information content (AvgIpc) is 2.66. The number of nitrogens with one attached hydrogen (secondary N) is 1. The first-order valence-corrected chi connectivity index (χ1v) is 9.74. The van der Waals surface area contributed by atoms with Crippen LogP contribution >= 0.6 is 0 Å². The Morgan fingerprint density at radius 2 is 1.62 bits per heavy atom. The molecule has 2 rings (SSSR count). The molecule has 1 aromatic carbocycles. The number of carbonyl (C=O) groups excluding carboxylic acids is 2. The standard InChI is InChI=1S/C22H23F5N2O3/c1-12(2)19(30)11-17-10-16(9-13(3)28-17)14(4)29-20(31)15-5-7-18(8-6-15)32-22(26,27)21(23,24)25/h5-10,12,14H,11H2,1-4H3,(H,29,31). The predicted octanol–water partition coefficient (Wildman–Crippen LogP) is 5.18. The summed E-state index contributed by atoms with van der Waals surface area (Å²) in [5.74, 6) is -1.41. The SMILES string of the molecule is Cc1cc(C(C)NC(=O)c2ccc(OC(F)(F)C(F)(F)F)cc2)cc(CC(=O)C(C)C)n1. The third kappa shape index (κ3) is 6.48. The zero-order valence-corrected chi connectivity index (χ0v) is 17.9. The van der Waals surface area contributed by atoms with Crippen molar-refractivity contribution in [1.29, 1.82) is 0 Å². The highest BCUT2D eigenvalue weighted by molar-refractivity contribution is 5.94. The highest BCUT2D eigenvalue weighted by Crippen LogP contribution is 2.37. The molecule has 0 saturated heterocycles. The maximum atomic E-state index is 13.0. The number of hydrogen-bond donors (Lipinski definition) is 1. The first kappa shape index (κ1) is 25.2. The van der Waals surface area contributed by atoms with Crippen LogP contribution in [-0.4, -0.2) is 29.0 Å². The fourth-order valence-corrected chi connectivity index (χ4v) is 2.73. The molecule has 32 heavy (non-hydrogen) atoms. The summed E-state index contributed by atoms with van der Waals surface area (Å²) in [4.78, 5) is 28.8. The van der Waals surface area contributed by atoms with Crippen LogP contribution < -0.4 is 10.1 Å². The number of halogens is 5. The highest BCUT2D eigenvalue weighted by atomic mass is 19.4. The van der Waals surface area contributed by atoms with E-state index in [-0.39, 0.29) is 23.7 Å². The van der Waals surface area contributed by atoms with E-state index in [2.05, 4.69) is 15.0 Å². The summed E-state index contributed by atoms with van der Waals surface area (Å²) >= 11 is 0. The number of rotatable bonds is 8. The van der Waals surface area contributed by atoms with Gasteiger partial charge in [0.05, 0.1) is 6.04 Å². The third-order valence-electron chi connectivity index (χ3n) is 4.57. The Hall–Kier alpha value is -3.04. The van der Waals surface area contributed by atoms with E-state index in [4.69, 9.17) is 0 Å². The van der Waals surface area contributed by atoms with Crippen LogP contribution in [0.4, 0.5) is 22.0 Å². The molecule has 10 heteroatoms. The molecule has 0 fully saturated rings. The number of hydrogen-bond acceptors (Lipinski definition) is 4. The van der Waals surface area contributed by atoms with E-state index in [0.29, 0.717) is 17.0 Å². The van der Waals surface area contributed by atoms with Gasteiger partial charge < -0.3 is 10.1 Å². The molecule has 0 aliphatic heterocycles. The minimum Gasteiger partial charge on any atom is -0.426 e. The second-order valence-electron chi connectivity index (χ2n) is 7.67. The Morgan fingerprint density at radius 3 is 2.16 bits per heavy atom. The summed E-state index contributed by atoms with van der Waals surface area (Å²) in [6, 6.07) is 6.85. The van der Waals surface area contributed by atoms with Gasteiger partial charge in [-0.25, -0.2) is 0 Å². The monoisotopic (exact) mass is 458 g/mol. The number of carbonyl (C=O) groups is 2. The molecule has 174 valence electrons. The van der Waals surface area contributed by atoms with Gasteiger partial charge >= 0.3 is 12.3 Å². The Bertz CT molecular complexity index is 973. The van der Waals surface area contributed by atoms with Crippen LogP contribution in [0.25, 0.3) is 0 Å². The lowest BCUT2D eigenvalue weighted by molar-refractivity contribution is -0.360. The van der Waals surface area contributed by atoms with Crippen LogP contribution in [0.15, 0.2) is 36.4 Å². The van der Waals surface area contributed by atoms with Crippen LogP contribution in [0.3, 0.4) is 0 Å². The third-order valence-corrected chi connectivity index (χ3v) is 4.57. The number of pyridine rings is 1. The number of Topliss-reactive ketones (excluding diaryl/α,β-unsaturated/α-hetero) is 1. The average molecular weight is 458 g/mol. The maximum Gasteiger partial charge on any atom is 0.499 e. The van der Waals surface area contributed by atoms with Crippen molar-refractivity contribution < 1.29 is 36.3 Å². The van der Waals surface area contributed by atoms with Gasteiger partial charge in [0, 0.05) is 29.3 Å².